The largest absolute Gasteiger partial charge is 0.326 e. The molecule has 0 radical (unpaired) electrons. The third-order valence-electron chi connectivity index (χ3n) is 3.37. The summed E-state index contributed by atoms with van der Waals surface area (Å²) < 4.78 is 26.3. The number of nitrogens with one attached hydrogen (secondary N) is 2. The molecule has 0 spiro atoms. The molecule has 6 heteroatoms. The maximum Gasteiger partial charge on any atom is 0.224 e. The third-order valence-corrected chi connectivity index (χ3v) is 3.37. The molecule has 0 saturated carbocycles. The molecule has 2 aromatic carbocycles. The van der Waals surface area contributed by atoms with Crippen LogP contribution >= 0.6 is 12.4 Å². The van der Waals surface area contributed by atoms with Crippen molar-refractivity contribution in [3.63, 3.8) is 0 Å². The Morgan fingerprint density at radius 3 is 2.38 bits per heavy atom. The van der Waals surface area contributed by atoms with Gasteiger partial charge in [-0.3, -0.25) is 4.79 Å². The lowest BCUT2D eigenvalue weighted by Crippen LogP contribution is -2.14. The number of anilines is 1. The zero-order valence-electron chi connectivity index (χ0n) is 13.4. The number of halogens is 3. The van der Waals surface area contributed by atoms with Crippen molar-refractivity contribution in [2.24, 2.45) is 0 Å². The van der Waals surface area contributed by atoms with Crippen molar-refractivity contribution in [3.05, 3.63) is 65.2 Å². The summed E-state index contributed by atoms with van der Waals surface area (Å²) in [6.07, 6.45) is 1.32. The van der Waals surface area contributed by atoms with Crippen LogP contribution in [0.15, 0.2) is 42.5 Å². The van der Waals surface area contributed by atoms with Crippen molar-refractivity contribution in [2.75, 3.05) is 5.32 Å². The number of carbonyl (C=O) groups excluding carboxylic acids is 1. The molecule has 24 heavy (non-hydrogen) atoms. The van der Waals surface area contributed by atoms with E-state index in [0.29, 0.717) is 25.1 Å². The van der Waals surface area contributed by atoms with E-state index in [1.54, 1.807) is 0 Å². The quantitative estimate of drug-likeness (QED) is 0.773. The molecule has 0 fully saturated rings. The fraction of sp³-hybridized carbons (Fsp3) is 0.278. The van der Waals surface area contributed by atoms with Crippen molar-refractivity contribution in [1.29, 1.82) is 0 Å². The van der Waals surface area contributed by atoms with Gasteiger partial charge in [0, 0.05) is 36.8 Å². The number of carbonyl (C=O) groups is 1. The second-order valence-corrected chi connectivity index (χ2v) is 5.33. The molecule has 0 aliphatic carbocycles. The summed E-state index contributed by atoms with van der Waals surface area (Å²) in [7, 11) is 0. The van der Waals surface area contributed by atoms with Crippen LogP contribution in [0.3, 0.4) is 0 Å². The van der Waals surface area contributed by atoms with Crippen molar-refractivity contribution in [2.45, 2.75) is 32.9 Å². The van der Waals surface area contributed by atoms with Crippen LogP contribution in [-0.2, 0) is 17.9 Å². The SMILES string of the molecule is CCCC(=O)Nc1ccc(CNCc2ccc(F)cc2F)cc1.Cl. The normalized spacial score (nSPS) is 10.1. The molecule has 2 N–H and O–H groups in total. The van der Waals surface area contributed by atoms with Crippen molar-refractivity contribution >= 4 is 24.0 Å². The van der Waals surface area contributed by atoms with Gasteiger partial charge in [0.15, 0.2) is 0 Å². The summed E-state index contributed by atoms with van der Waals surface area (Å²) in [5.41, 5.74) is 2.20. The summed E-state index contributed by atoms with van der Waals surface area (Å²) in [6.45, 7) is 2.83. The van der Waals surface area contributed by atoms with Gasteiger partial charge in [-0.05, 0) is 30.2 Å². The van der Waals surface area contributed by atoms with Crippen LogP contribution < -0.4 is 10.6 Å². The summed E-state index contributed by atoms with van der Waals surface area (Å²) in [5.74, 6) is -1.12. The maximum absolute atomic E-state index is 13.5. The molecule has 0 aliphatic rings. The van der Waals surface area contributed by atoms with E-state index >= 15 is 0 Å². The fourth-order valence-corrected chi connectivity index (χ4v) is 2.16. The molecule has 0 bridgehead atoms. The van der Waals surface area contributed by atoms with Crippen LogP contribution in [0.4, 0.5) is 14.5 Å². The predicted octanol–water partition coefficient (Wildman–Crippen LogP) is 4.42. The van der Waals surface area contributed by atoms with E-state index in [4.69, 9.17) is 0 Å². The molecular weight excluding hydrogens is 334 g/mol. The van der Waals surface area contributed by atoms with E-state index in [2.05, 4.69) is 10.6 Å². The molecule has 1 amide bonds. The Kier molecular flexibility index (Phi) is 8.36. The number of hydrogen-bond acceptors (Lipinski definition) is 2. The highest BCUT2D eigenvalue weighted by Crippen LogP contribution is 2.12. The lowest BCUT2D eigenvalue weighted by Gasteiger charge is -2.08. The summed E-state index contributed by atoms with van der Waals surface area (Å²) in [6, 6.07) is 11.0. The van der Waals surface area contributed by atoms with E-state index < -0.39 is 11.6 Å². The molecular formula is C18H21ClF2N2O. The first-order chi connectivity index (χ1) is 11.1. The molecule has 3 nitrogen and oxygen atoms in total. The van der Waals surface area contributed by atoms with E-state index in [1.165, 1.54) is 12.1 Å². The van der Waals surface area contributed by atoms with Crippen molar-refractivity contribution in [1.82, 2.24) is 5.32 Å². The molecule has 0 saturated heterocycles. The highest BCUT2D eigenvalue weighted by atomic mass is 35.5. The van der Waals surface area contributed by atoms with Gasteiger partial charge in [-0.1, -0.05) is 25.1 Å². The Balaban J connectivity index is 0.00000288. The van der Waals surface area contributed by atoms with Gasteiger partial charge in [-0.15, -0.1) is 12.4 Å². The van der Waals surface area contributed by atoms with Crippen LogP contribution in [0.2, 0.25) is 0 Å². The Labute approximate surface area is 146 Å². The van der Waals surface area contributed by atoms with Gasteiger partial charge < -0.3 is 10.6 Å². The Morgan fingerprint density at radius 2 is 1.75 bits per heavy atom. The lowest BCUT2D eigenvalue weighted by molar-refractivity contribution is -0.116. The first kappa shape index (κ1) is 20.1. The molecule has 0 aliphatic heterocycles. The van der Waals surface area contributed by atoms with Crippen molar-refractivity contribution < 1.29 is 13.6 Å². The number of rotatable bonds is 7. The molecule has 2 rings (SSSR count). The molecule has 0 atom stereocenters. The van der Waals surface area contributed by atoms with Crippen LogP contribution in [0.25, 0.3) is 0 Å². The first-order valence-electron chi connectivity index (χ1n) is 7.62. The number of benzene rings is 2. The van der Waals surface area contributed by atoms with Crippen LogP contribution in [0, 0.1) is 11.6 Å². The monoisotopic (exact) mass is 354 g/mol. The number of hydrogen-bond donors (Lipinski definition) is 2. The van der Waals surface area contributed by atoms with E-state index in [9.17, 15) is 13.6 Å². The standard InChI is InChI=1S/C18H20F2N2O.ClH/c1-2-3-18(23)22-16-8-4-13(5-9-16)11-21-12-14-6-7-15(19)10-17(14)20;/h4-10,21H,2-3,11-12H2,1H3,(H,22,23);1H. The second kappa shape index (κ2) is 10.0. The maximum atomic E-state index is 13.5. The second-order valence-electron chi connectivity index (χ2n) is 5.33. The van der Waals surface area contributed by atoms with E-state index in [-0.39, 0.29) is 18.3 Å². The smallest absolute Gasteiger partial charge is 0.224 e. The highest BCUT2D eigenvalue weighted by molar-refractivity contribution is 5.90. The van der Waals surface area contributed by atoms with Gasteiger partial charge in [0.2, 0.25) is 5.91 Å². The van der Waals surface area contributed by atoms with E-state index in [0.717, 1.165) is 23.7 Å². The zero-order valence-corrected chi connectivity index (χ0v) is 14.3. The predicted molar refractivity (Wildman–Crippen MR) is 94.1 cm³/mol. The number of amides is 1. The molecule has 0 unspecified atom stereocenters. The lowest BCUT2D eigenvalue weighted by atomic mass is 10.1. The Bertz CT molecular complexity index is 663. The summed E-state index contributed by atoms with van der Waals surface area (Å²) in [4.78, 5) is 11.5. The summed E-state index contributed by atoms with van der Waals surface area (Å²) >= 11 is 0. The molecule has 2 aromatic rings. The van der Waals surface area contributed by atoms with Crippen molar-refractivity contribution in [3.8, 4) is 0 Å². The van der Waals surface area contributed by atoms with Gasteiger partial charge in [0.25, 0.3) is 0 Å². The van der Waals surface area contributed by atoms with Gasteiger partial charge in [0.1, 0.15) is 11.6 Å². The minimum Gasteiger partial charge on any atom is -0.326 e. The minimum atomic E-state index is -0.577. The van der Waals surface area contributed by atoms with Gasteiger partial charge in [-0.25, -0.2) is 8.78 Å². The highest BCUT2D eigenvalue weighted by Gasteiger charge is 2.04. The van der Waals surface area contributed by atoms with Crippen LogP contribution in [-0.4, -0.2) is 5.91 Å². The van der Waals surface area contributed by atoms with E-state index in [1.807, 2.05) is 31.2 Å². The molecule has 130 valence electrons. The summed E-state index contributed by atoms with van der Waals surface area (Å²) in [5, 5.41) is 5.93. The average molecular weight is 355 g/mol. The zero-order chi connectivity index (χ0) is 16.7. The first-order valence-corrected chi connectivity index (χ1v) is 7.62. The fourth-order valence-electron chi connectivity index (χ4n) is 2.16. The van der Waals surface area contributed by atoms with Crippen LogP contribution in [0.5, 0.6) is 0 Å². The topological polar surface area (TPSA) is 41.1 Å². The third kappa shape index (κ3) is 6.26. The van der Waals surface area contributed by atoms with Gasteiger partial charge in [-0.2, -0.15) is 0 Å². The Morgan fingerprint density at radius 1 is 1.04 bits per heavy atom. The molecule has 0 heterocycles. The van der Waals surface area contributed by atoms with Gasteiger partial charge >= 0.3 is 0 Å². The minimum absolute atomic E-state index is 0. The molecule has 0 aromatic heterocycles. The Hall–Kier alpha value is -1.98. The van der Waals surface area contributed by atoms with Crippen LogP contribution in [0.1, 0.15) is 30.9 Å². The average Bonchev–Trinajstić information content (AvgIpc) is 2.51. The van der Waals surface area contributed by atoms with Gasteiger partial charge in [0.05, 0.1) is 0 Å².